The molecule has 0 radical (unpaired) electrons. The molecule has 1 heterocycles. The molecule has 2 nitrogen and oxygen atoms in total. The zero-order valence-electron chi connectivity index (χ0n) is 40.1. The third-order valence-corrected chi connectivity index (χ3v) is 8.10. The normalized spacial score (nSPS) is 15.7. The number of fused-ring (bicyclic) bond motifs is 4. The van der Waals surface area contributed by atoms with Crippen molar-refractivity contribution in [3.05, 3.63) is 188 Å². The molecule has 0 spiro atoms. The molecule has 0 N–H and O–H groups in total. The average Bonchev–Trinajstić information content (AvgIpc) is 3.67. The number of hydrogen-bond acceptors (Lipinski definition) is 2. The molecule has 0 fully saturated rings. The topological polar surface area (TPSA) is 16.4 Å². The van der Waals surface area contributed by atoms with E-state index in [9.17, 15) is 8.22 Å². The van der Waals surface area contributed by atoms with Crippen molar-refractivity contribution in [2.24, 2.45) is 0 Å². The fraction of sp³-hybridized carbons (Fsp3) is 0. The largest absolute Gasteiger partial charge is 0.456 e. The Kier molecular flexibility index (Phi) is 4.03. The van der Waals surface area contributed by atoms with Crippen LogP contribution in [0.5, 0.6) is 0 Å². The van der Waals surface area contributed by atoms with Crippen LogP contribution in [-0.2, 0) is 0 Å². The number of rotatable bonds is 6. The highest BCUT2D eigenvalue weighted by Crippen LogP contribution is 2.42. The van der Waals surface area contributed by atoms with Crippen molar-refractivity contribution in [3.63, 3.8) is 0 Å². The molecule has 0 aliphatic rings. The summed E-state index contributed by atoms with van der Waals surface area (Å²) >= 11 is 0. The molecule has 0 bridgehead atoms. The third-order valence-electron chi connectivity index (χ3n) is 8.10. The molecule has 0 unspecified atom stereocenters. The van der Waals surface area contributed by atoms with E-state index in [0.717, 1.165) is 16.5 Å². The molecule has 0 aliphatic carbocycles. The van der Waals surface area contributed by atoms with Crippen LogP contribution in [-0.4, -0.2) is 0 Å². The zero-order chi connectivity index (χ0) is 44.9. The summed E-state index contributed by atoms with van der Waals surface area (Å²) in [6, 6.07) is 18.4. The highest BCUT2D eigenvalue weighted by atomic mass is 16.3. The molecule has 1 aromatic heterocycles. The van der Waals surface area contributed by atoms with Crippen molar-refractivity contribution in [1.82, 2.24) is 0 Å². The maximum atomic E-state index is 9.68. The predicted octanol–water partition coefficient (Wildman–Crippen LogP) is 13.2. The fourth-order valence-corrected chi connectivity index (χ4v) is 5.88. The van der Waals surface area contributed by atoms with Gasteiger partial charge in [-0.2, -0.15) is 0 Å². The average molecular weight is 629 g/mol. The standard InChI is InChI=1S/C46H31NO/c1-3-12-32(13-4-1)35-18-11-19-39(28-35)47(40-26-27-46-44(31-40)41-20-9-10-21-45(41)48-46)38-24-22-34(23-25-38)43-30-37-17-8-7-16-36(37)29-42(43)33-14-5-2-6-15-33/h1-31H/i2D,5D,6D,7D,8D,14D,15D,16D,17D,22D,23D,24D,25D,29D,30D. The van der Waals surface area contributed by atoms with Crippen LogP contribution < -0.4 is 4.90 Å². The van der Waals surface area contributed by atoms with Crippen molar-refractivity contribution >= 4 is 49.8 Å². The summed E-state index contributed by atoms with van der Waals surface area (Å²) in [4.78, 5) is 1.57. The summed E-state index contributed by atoms with van der Waals surface area (Å²) in [5.41, 5.74) is 1.15. The van der Waals surface area contributed by atoms with Crippen molar-refractivity contribution in [2.45, 2.75) is 0 Å². The van der Waals surface area contributed by atoms with Gasteiger partial charge >= 0.3 is 0 Å². The predicted molar refractivity (Wildman–Crippen MR) is 202 cm³/mol. The maximum absolute atomic E-state index is 9.68. The van der Waals surface area contributed by atoms with Crippen LogP contribution in [0.3, 0.4) is 0 Å². The molecule has 0 saturated heterocycles. The van der Waals surface area contributed by atoms with Crippen LogP contribution in [0.15, 0.2) is 192 Å². The van der Waals surface area contributed by atoms with Gasteiger partial charge in [-0.1, -0.05) is 127 Å². The van der Waals surface area contributed by atoms with Gasteiger partial charge in [0.25, 0.3) is 0 Å². The van der Waals surface area contributed by atoms with Crippen LogP contribution in [0.4, 0.5) is 17.1 Å². The first kappa shape index (κ1) is 16.4. The van der Waals surface area contributed by atoms with Crippen molar-refractivity contribution in [3.8, 4) is 33.4 Å². The van der Waals surface area contributed by atoms with Crippen molar-refractivity contribution in [1.29, 1.82) is 0 Å². The molecule has 0 atom stereocenters. The summed E-state index contributed by atoms with van der Waals surface area (Å²) in [5, 5.41) is 0.531. The highest BCUT2D eigenvalue weighted by molar-refractivity contribution is 6.06. The van der Waals surface area contributed by atoms with E-state index in [0.29, 0.717) is 27.9 Å². The molecule has 48 heavy (non-hydrogen) atoms. The summed E-state index contributed by atoms with van der Waals surface area (Å²) < 4.78 is 141. The van der Waals surface area contributed by atoms with Gasteiger partial charge in [0, 0.05) is 27.8 Å². The summed E-state index contributed by atoms with van der Waals surface area (Å²) in [7, 11) is 0. The second-order valence-electron chi connectivity index (χ2n) is 11.0. The second-order valence-corrected chi connectivity index (χ2v) is 11.0. The fourth-order valence-electron chi connectivity index (χ4n) is 5.88. The van der Waals surface area contributed by atoms with Gasteiger partial charge in [-0.25, -0.2) is 0 Å². The van der Waals surface area contributed by atoms with Gasteiger partial charge in [-0.05, 0) is 105 Å². The van der Waals surface area contributed by atoms with Gasteiger partial charge < -0.3 is 9.32 Å². The Bertz CT molecular complexity index is 3360. The van der Waals surface area contributed by atoms with Crippen molar-refractivity contribution in [2.75, 3.05) is 4.90 Å². The van der Waals surface area contributed by atoms with Crippen LogP contribution >= 0.6 is 0 Å². The minimum Gasteiger partial charge on any atom is -0.456 e. The molecule has 8 aromatic carbocycles. The maximum Gasteiger partial charge on any atom is 0.135 e. The minimum absolute atomic E-state index is 0.212. The number of nitrogens with zero attached hydrogens (tertiary/aromatic N) is 1. The van der Waals surface area contributed by atoms with E-state index in [1.807, 2.05) is 72.8 Å². The Labute approximate surface area is 300 Å². The Hall–Kier alpha value is -6.38. The number of furan rings is 1. The zero-order valence-corrected chi connectivity index (χ0v) is 25.1. The monoisotopic (exact) mass is 628 g/mol. The first-order chi connectivity index (χ1) is 30.0. The first-order valence-corrected chi connectivity index (χ1v) is 15.1. The first-order valence-electron chi connectivity index (χ1n) is 22.6. The quantitative estimate of drug-likeness (QED) is 0.182. The summed E-state index contributed by atoms with van der Waals surface area (Å²) in [6.45, 7) is 0. The Balaban J connectivity index is 1.40. The SMILES string of the molecule is [2H]c1c([2H])c([2H])c(-c2c(-c3c([2H])c([2H])c(N(c4cccc(-c5ccccc5)c4)c4ccc5oc6ccccc6c5c4)c([2H])c3[2H])c([2H])c3c([2H])c([2H])c([2H])c([2H])c3c2[2H])c([2H])c1[2H]. The van der Waals surface area contributed by atoms with Gasteiger partial charge in [0.05, 0.1) is 20.6 Å². The van der Waals surface area contributed by atoms with Crippen LogP contribution in [0.1, 0.15) is 20.6 Å². The summed E-state index contributed by atoms with van der Waals surface area (Å²) in [6.07, 6.45) is 0. The molecule has 9 rings (SSSR count). The lowest BCUT2D eigenvalue weighted by Gasteiger charge is -2.26. The minimum atomic E-state index is -0.811. The number of para-hydroxylation sites is 1. The lowest BCUT2D eigenvalue weighted by Crippen LogP contribution is -2.10. The third kappa shape index (κ3) is 5.01. The van der Waals surface area contributed by atoms with E-state index < -0.39 is 124 Å². The lowest BCUT2D eigenvalue weighted by molar-refractivity contribution is 0.669. The molecule has 2 heteroatoms. The molecule has 0 aliphatic heterocycles. The van der Waals surface area contributed by atoms with Crippen LogP contribution in [0.25, 0.3) is 66.1 Å². The van der Waals surface area contributed by atoms with Crippen molar-refractivity contribution < 1.29 is 25.0 Å². The molecule has 226 valence electrons. The van der Waals surface area contributed by atoms with E-state index in [1.165, 1.54) is 0 Å². The van der Waals surface area contributed by atoms with Crippen LogP contribution in [0.2, 0.25) is 0 Å². The van der Waals surface area contributed by atoms with E-state index in [1.54, 1.807) is 29.2 Å². The summed E-state index contributed by atoms with van der Waals surface area (Å²) in [5.74, 6) is 0. The smallest absolute Gasteiger partial charge is 0.135 e. The van der Waals surface area contributed by atoms with E-state index in [4.69, 9.17) is 16.8 Å². The van der Waals surface area contributed by atoms with Gasteiger partial charge in [-0.3, -0.25) is 0 Å². The Morgan fingerprint density at radius 1 is 0.417 bits per heavy atom. The molecule has 0 amide bonds. The molecular formula is C46H31NO. The van der Waals surface area contributed by atoms with Gasteiger partial charge in [0.15, 0.2) is 0 Å². The highest BCUT2D eigenvalue weighted by Gasteiger charge is 2.17. The van der Waals surface area contributed by atoms with Gasteiger partial charge in [-0.15, -0.1) is 0 Å². The van der Waals surface area contributed by atoms with Gasteiger partial charge in [0.1, 0.15) is 11.2 Å². The van der Waals surface area contributed by atoms with E-state index >= 15 is 0 Å². The van der Waals surface area contributed by atoms with E-state index in [-0.39, 0.29) is 5.69 Å². The second kappa shape index (κ2) is 11.8. The number of benzene rings is 8. The van der Waals surface area contributed by atoms with Gasteiger partial charge in [0.2, 0.25) is 0 Å². The lowest BCUT2D eigenvalue weighted by atomic mass is 9.91. The molecule has 9 aromatic rings. The molecule has 0 saturated carbocycles. The Morgan fingerprint density at radius 2 is 1.04 bits per heavy atom. The van der Waals surface area contributed by atoms with E-state index in [2.05, 4.69) is 0 Å². The number of anilines is 3. The van der Waals surface area contributed by atoms with Crippen LogP contribution in [0, 0.1) is 0 Å². The molecular weight excluding hydrogens is 583 g/mol. The Morgan fingerprint density at radius 3 is 1.81 bits per heavy atom. The number of hydrogen-bond donors (Lipinski definition) is 0.